The van der Waals surface area contributed by atoms with Gasteiger partial charge in [0.25, 0.3) is 0 Å². The van der Waals surface area contributed by atoms with Crippen molar-refractivity contribution in [1.82, 2.24) is 10.2 Å². The minimum Gasteiger partial charge on any atom is -0.456 e. The molecule has 308 valence electrons. The van der Waals surface area contributed by atoms with Crippen molar-refractivity contribution in [1.29, 1.82) is 0 Å². The molecule has 3 aromatic rings. The fourth-order valence-electron chi connectivity index (χ4n) is 7.86. The van der Waals surface area contributed by atoms with Gasteiger partial charge in [-0.15, -0.1) is 0 Å². The third-order valence-corrected chi connectivity index (χ3v) is 10.8. The lowest BCUT2D eigenvalue weighted by Crippen LogP contribution is -2.59. The predicted octanol–water partition coefficient (Wildman–Crippen LogP) is 1.16. The van der Waals surface area contributed by atoms with E-state index in [1.807, 2.05) is 60.7 Å². The first-order chi connectivity index (χ1) is 28.1. The number of aliphatic hydroxyl groups excluding tert-OH is 5. The molecule has 0 saturated carbocycles. The minimum atomic E-state index is -1.57. The maximum atomic E-state index is 14.2. The van der Waals surface area contributed by atoms with Crippen molar-refractivity contribution in [3.63, 3.8) is 0 Å². The Morgan fingerprint density at radius 3 is 2.31 bits per heavy atom. The SMILES string of the molecule is O=C(OC1CC(C(=O)N2CCCC2C(=O)NCCO)=CC2OC(c3ccccc3)(c3ccccc3)OC21)c1cccc(C=CCOC2OC(CO)C(O)C(O)C2O)c1. The number of carbonyl (C=O) groups is 3. The molecule has 3 aliphatic heterocycles. The van der Waals surface area contributed by atoms with E-state index in [1.54, 1.807) is 42.5 Å². The van der Waals surface area contributed by atoms with E-state index in [2.05, 4.69) is 5.32 Å². The number of ether oxygens (including phenoxy) is 5. The van der Waals surface area contributed by atoms with Crippen LogP contribution in [0.25, 0.3) is 6.08 Å². The Morgan fingerprint density at radius 1 is 0.897 bits per heavy atom. The van der Waals surface area contributed by atoms with Crippen LogP contribution in [0.3, 0.4) is 0 Å². The van der Waals surface area contributed by atoms with Gasteiger partial charge in [0.2, 0.25) is 17.6 Å². The molecule has 6 N–H and O–H groups in total. The third-order valence-electron chi connectivity index (χ3n) is 10.8. The fraction of sp³-hybridized carbons (Fsp3) is 0.419. The van der Waals surface area contributed by atoms with Crippen molar-refractivity contribution in [2.45, 2.75) is 80.1 Å². The molecule has 0 radical (unpaired) electrons. The fourth-order valence-corrected chi connectivity index (χ4v) is 7.86. The molecule has 4 aliphatic rings. The number of hydrogen-bond acceptors (Lipinski definition) is 13. The summed E-state index contributed by atoms with van der Waals surface area (Å²) < 4.78 is 30.8. The van der Waals surface area contributed by atoms with Crippen molar-refractivity contribution >= 4 is 23.9 Å². The number of amides is 2. The van der Waals surface area contributed by atoms with Crippen LogP contribution in [0, 0.1) is 0 Å². The van der Waals surface area contributed by atoms with Gasteiger partial charge >= 0.3 is 5.97 Å². The minimum absolute atomic E-state index is 0.00881. The summed E-state index contributed by atoms with van der Waals surface area (Å²) in [5.74, 6) is -2.80. The molecule has 2 amide bonds. The van der Waals surface area contributed by atoms with Crippen molar-refractivity contribution in [3.8, 4) is 0 Å². The topological polar surface area (TPSA) is 214 Å². The van der Waals surface area contributed by atoms with Crippen LogP contribution < -0.4 is 5.32 Å². The Morgan fingerprint density at radius 2 is 1.62 bits per heavy atom. The molecule has 1 aliphatic carbocycles. The summed E-state index contributed by atoms with van der Waals surface area (Å²) in [6, 6.07) is 24.7. The molecule has 3 fully saturated rings. The molecule has 9 atom stereocenters. The van der Waals surface area contributed by atoms with E-state index < -0.39 is 73.4 Å². The molecule has 15 nitrogen and oxygen atoms in total. The van der Waals surface area contributed by atoms with Crippen LogP contribution in [0.4, 0.5) is 0 Å². The molecule has 3 aromatic carbocycles. The van der Waals surface area contributed by atoms with E-state index in [-0.39, 0.29) is 43.6 Å². The second kappa shape index (κ2) is 18.4. The first-order valence-corrected chi connectivity index (χ1v) is 19.4. The summed E-state index contributed by atoms with van der Waals surface area (Å²) in [5.41, 5.74) is 2.55. The number of rotatable bonds is 13. The van der Waals surface area contributed by atoms with Gasteiger partial charge in [-0.2, -0.15) is 0 Å². The number of fused-ring (bicyclic) bond motifs is 1. The highest BCUT2D eigenvalue weighted by Gasteiger charge is 2.55. The summed E-state index contributed by atoms with van der Waals surface area (Å²) in [6.45, 7) is -0.455. The first-order valence-electron chi connectivity index (χ1n) is 19.4. The normalized spacial score (nSPS) is 29.2. The molecule has 7 rings (SSSR count). The summed E-state index contributed by atoms with van der Waals surface area (Å²) in [7, 11) is 0. The molecular formula is C43H48N2O13. The molecular weight excluding hydrogens is 752 g/mol. The summed E-state index contributed by atoms with van der Waals surface area (Å²) >= 11 is 0. The molecule has 15 heteroatoms. The molecule has 3 heterocycles. The monoisotopic (exact) mass is 800 g/mol. The van der Waals surface area contributed by atoms with Gasteiger partial charge in [0.1, 0.15) is 48.8 Å². The van der Waals surface area contributed by atoms with Crippen LogP contribution >= 0.6 is 0 Å². The largest absolute Gasteiger partial charge is 0.456 e. The van der Waals surface area contributed by atoms with Crippen LogP contribution in [0.2, 0.25) is 0 Å². The second-order valence-corrected chi connectivity index (χ2v) is 14.6. The number of hydrogen-bond donors (Lipinski definition) is 6. The van der Waals surface area contributed by atoms with Gasteiger partial charge in [-0.05, 0) is 36.6 Å². The molecule has 58 heavy (non-hydrogen) atoms. The van der Waals surface area contributed by atoms with E-state index >= 15 is 0 Å². The van der Waals surface area contributed by atoms with Crippen LogP contribution in [-0.4, -0.2) is 136 Å². The van der Waals surface area contributed by atoms with Gasteiger partial charge in [0.05, 0.1) is 25.4 Å². The highest BCUT2D eigenvalue weighted by atomic mass is 16.8. The van der Waals surface area contributed by atoms with Crippen molar-refractivity contribution in [3.05, 3.63) is 125 Å². The van der Waals surface area contributed by atoms with E-state index in [1.165, 1.54) is 4.90 Å². The Hall–Kier alpha value is -4.81. The number of nitrogens with zero attached hydrogens (tertiary/aromatic N) is 1. The van der Waals surface area contributed by atoms with Gasteiger partial charge in [-0.25, -0.2) is 4.79 Å². The lowest BCUT2D eigenvalue weighted by Gasteiger charge is -2.39. The molecule has 3 saturated heterocycles. The van der Waals surface area contributed by atoms with Crippen LogP contribution in [0.1, 0.15) is 46.3 Å². The zero-order valence-electron chi connectivity index (χ0n) is 31.6. The Bertz CT molecular complexity index is 1920. The predicted molar refractivity (Wildman–Crippen MR) is 205 cm³/mol. The standard InChI is InChI=1S/C43H48N2O13/c46-20-18-44-39(51)31-17-8-19-45(31)40(52)28-23-32(38-33(24-28)57-43(58-38,29-13-3-1-4-14-29)30-15-5-2-6-16-30)55-41(53)27-12-7-10-26(22-27)11-9-21-54-42-37(50)36(49)35(48)34(25-47)56-42/h1-7,9-16,22,24,31-38,42,46-50H,8,17-21,23,25H2,(H,44,51). The summed E-state index contributed by atoms with van der Waals surface area (Å²) in [4.78, 5) is 42.7. The number of esters is 1. The van der Waals surface area contributed by atoms with Crippen molar-refractivity contribution in [2.24, 2.45) is 0 Å². The third kappa shape index (κ3) is 8.64. The Labute approximate surface area is 335 Å². The van der Waals surface area contributed by atoms with Gasteiger partial charge < -0.3 is 59.4 Å². The van der Waals surface area contributed by atoms with E-state index in [0.29, 0.717) is 41.6 Å². The molecule has 9 unspecified atom stereocenters. The highest BCUT2D eigenvalue weighted by molar-refractivity contribution is 5.98. The van der Waals surface area contributed by atoms with Gasteiger partial charge in [-0.3, -0.25) is 9.59 Å². The van der Waals surface area contributed by atoms with Crippen LogP contribution in [-0.2, 0) is 39.1 Å². The van der Waals surface area contributed by atoms with Gasteiger partial charge in [0.15, 0.2) is 6.29 Å². The number of carbonyl (C=O) groups excluding carboxylic acids is 3. The quantitative estimate of drug-likeness (QED) is 0.134. The Balaban J connectivity index is 1.12. The van der Waals surface area contributed by atoms with E-state index in [9.17, 15) is 39.9 Å². The zero-order chi connectivity index (χ0) is 40.8. The average molecular weight is 801 g/mol. The molecule has 0 bridgehead atoms. The maximum Gasteiger partial charge on any atom is 0.338 e. The summed E-state index contributed by atoms with van der Waals surface area (Å²) in [5, 5.41) is 51.7. The number of nitrogens with one attached hydrogen (secondary N) is 1. The highest BCUT2D eigenvalue weighted by Crippen LogP contribution is 2.47. The van der Waals surface area contributed by atoms with Crippen LogP contribution in [0.15, 0.2) is 103 Å². The Kier molecular flexibility index (Phi) is 13.1. The average Bonchev–Trinajstić information content (AvgIpc) is 3.92. The van der Waals surface area contributed by atoms with Crippen molar-refractivity contribution in [2.75, 3.05) is 32.9 Å². The molecule has 0 spiro atoms. The number of aliphatic hydroxyl groups is 5. The van der Waals surface area contributed by atoms with Gasteiger partial charge in [-0.1, -0.05) is 84.9 Å². The lowest BCUT2D eigenvalue weighted by atomic mass is 9.91. The smallest absolute Gasteiger partial charge is 0.338 e. The summed E-state index contributed by atoms with van der Waals surface area (Å²) in [6.07, 6.45) is -3.58. The molecule has 0 aromatic heterocycles. The number of benzene rings is 3. The van der Waals surface area contributed by atoms with Gasteiger partial charge in [0, 0.05) is 36.2 Å². The second-order valence-electron chi connectivity index (χ2n) is 14.6. The maximum absolute atomic E-state index is 14.2. The first kappa shape index (κ1) is 41.4. The van der Waals surface area contributed by atoms with Crippen molar-refractivity contribution < 1.29 is 63.6 Å². The number of likely N-dealkylation sites (tertiary alicyclic amines) is 1. The van der Waals surface area contributed by atoms with E-state index in [0.717, 1.165) is 0 Å². The van der Waals surface area contributed by atoms with Crippen LogP contribution in [0.5, 0.6) is 0 Å². The lowest BCUT2D eigenvalue weighted by molar-refractivity contribution is -0.298. The van der Waals surface area contributed by atoms with E-state index in [4.69, 9.17) is 23.7 Å². The zero-order valence-corrected chi connectivity index (χ0v) is 31.6.